The van der Waals surface area contributed by atoms with Gasteiger partial charge in [0, 0.05) is 5.02 Å². The third-order valence-electron chi connectivity index (χ3n) is 5.36. The lowest BCUT2D eigenvalue weighted by atomic mass is 10.2. The van der Waals surface area contributed by atoms with Crippen LogP contribution >= 0.6 is 23.2 Å². The molecule has 176 valence electrons. The van der Waals surface area contributed by atoms with Gasteiger partial charge in [-0.1, -0.05) is 46.6 Å². The first kappa shape index (κ1) is 23.8. The number of hydrogen-bond donors (Lipinski definition) is 1. The molecule has 0 aliphatic heterocycles. The van der Waals surface area contributed by atoms with Crippen molar-refractivity contribution in [3.05, 3.63) is 92.3 Å². The molecule has 0 atom stereocenters. The van der Waals surface area contributed by atoms with Gasteiger partial charge < -0.3 is 14.6 Å². The van der Waals surface area contributed by atoms with Gasteiger partial charge in [-0.25, -0.2) is 4.39 Å². The molecular weight excluding hydrogens is 482 g/mol. The van der Waals surface area contributed by atoms with Crippen molar-refractivity contribution < 1.29 is 18.4 Å². The molecule has 0 radical (unpaired) electrons. The van der Waals surface area contributed by atoms with Crippen LogP contribution in [-0.2, 0) is 13.2 Å². The van der Waals surface area contributed by atoms with E-state index in [1.807, 2.05) is 6.92 Å². The first-order valence-electron chi connectivity index (χ1n) is 10.4. The third kappa shape index (κ3) is 4.93. The van der Waals surface area contributed by atoms with Gasteiger partial charge in [0.25, 0.3) is 5.91 Å². The summed E-state index contributed by atoms with van der Waals surface area (Å²) in [7, 11) is 0. The van der Waals surface area contributed by atoms with Crippen molar-refractivity contribution in [1.29, 1.82) is 0 Å². The maximum Gasteiger partial charge on any atom is 0.278 e. The van der Waals surface area contributed by atoms with E-state index >= 15 is 0 Å². The van der Waals surface area contributed by atoms with Crippen molar-refractivity contribution in [2.24, 2.45) is 0 Å². The lowest BCUT2D eigenvalue weighted by Crippen LogP contribution is -2.16. The summed E-state index contributed by atoms with van der Waals surface area (Å²) >= 11 is 12.3. The van der Waals surface area contributed by atoms with Crippen LogP contribution in [0.2, 0.25) is 10.0 Å². The van der Waals surface area contributed by atoms with Crippen LogP contribution in [0, 0.1) is 26.6 Å². The summed E-state index contributed by atoms with van der Waals surface area (Å²) in [6.45, 7) is 5.68. The molecule has 4 rings (SSSR count). The average molecular weight is 503 g/mol. The average Bonchev–Trinajstić information content (AvgIpc) is 3.29. The van der Waals surface area contributed by atoms with E-state index in [9.17, 15) is 9.18 Å². The van der Waals surface area contributed by atoms with Gasteiger partial charge in [0.1, 0.15) is 23.9 Å². The zero-order chi connectivity index (χ0) is 24.4. The molecule has 0 aliphatic rings. The van der Waals surface area contributed by atoms with E-state index in [1.54, 1.807) is 48.9 Å². The van der Waals surface area contributed by atoms with Gasteiger partial charge in [0.15, 0.2) is 5.69 Å². The number of aromatic nitrogens is 3. The molecule has 7 nitrogen and oxygen atoms in total. The number of ether oxygens (including phenoxy) is 1. The van der Waals surface area contributed by atoms with Crippen LogP contribution in [0.5, 0.6) is 5.75 Å². The molecule has 0 unspecified atom stereocenters. The fraction of sp³-hybridized carbons (Fsp3) is 0.208. The standard InChI is InChI=1S/C24H21Cl2FN4O3/c1-13-22(14(2)31(29-13)11-16-8-9-17(27)10-20(16)26)28-24(32)23-18(15(3)34-30-23)12-33-21-7-5-4-6-19(21)25/h4-10H,11-12H2,1-3H3,(H,28,32). The largest absolute Gasteiger partial charge is 0.487 e. The van der Waals surface area contributed by atoms with Crippen LogP contribution in [0.3, 0.4) is 0 Å². The molecule has 2 aromatic carbocycles. The third-order valence-corrected chi connectivity index (χ3v) is 6.03. The number of carbonyl (C=O) groups excluding carboxylic acids is 1. The number of rotatable bonds is 7. The van der Waals surface area contributed by atoms with Crippen LogP contribution in [0.15, 0.2) is 47.0 Å². The molecule has 0 aliphatic carbocycles. The Morgan fingerprint density at radius 1 is 1.15 bits per heavy atom. The molecule has 0 saturated carbocycles. The van der Waals surface area contributed by atoms with E-state index in [-0.39, 0.29) is 12.3 Å². The molecule has 0 fully saturated rings. The lowest BCUT2D eigenvalue weighted by molar-refractivity contribution is 0.101. The Hall–Kier alpha value is -3.36. The van der Waals surface area contributed by atoms with Crippen molar-refractivity contribution in [1.82, 2.24) is 14.9 Å². The van der Waals surface area contributed by atoms with Crippen molar-refractivity contribution in [3.63, 3.8) is 0 Å². The number of para-hydroxylation sites is 1. The van der Waals surface area contributed by atoms with Gasteiger partial charge in [-0.15, -0.1) is 0 Å². The molecule has 2 aromatic heterocycles. The van der Waals surface area contributed by atoms with Crippen LogP contribution in [0.4, 0.5) is 10.1 Å². The highest BCUT2D eigenvalue weighted by Gasteiger charge is 2.23. The summed E-state index contributed by atoms with van der Waals surface area (Å²) in [4.78, 5) is 13.1. The van der Waals surface area contributed by atoms with Crippen LogP contribution in [0.25, 0.3) is 0 Å². The maximum atomic E-state index is 13.4. The van der Waals surface area contributed by atoms with Crippen LogP contribution in [-0.4, -0.2) is 20.8 Å². The van der Waals surface area contributed by atoms with E-state index in [2.05, 4.69) is 15.6 Å². The summed E-state index contributed by atoms with van der Waals surface area (Å²) in [6, 6.07) is 11.3. The number of benzene rings is 2. The second-order valence-corrected chi connectivity index (χ2v) is 8.49. The molecule has 2 heterocycles. The van der Waals surface area contributed by atoms with E-state index < -0.39 is 11.7 Å². The summed E-state index contributed by atoms with van der Waals surface area (Å²) in [5.41, 5.74) is 3.19. The fourth-order valence-corrected chi connectivity index (χ4v) is 3.88. The second-order valence-electron chi connectivity index (χ2n) is 7.68. The zero-order valence-electron chi connectivity index (χ0n) is 18.7. The summed E-state index contributed by atoms with van der Waals surface area (Å²) in [5.74, 6) is 0.0864. The van der Waals surface area contributed by atoms with Crippen LogP contribution < -0.4 is 10.1 Å². The minimum absolute atomic E-state index is 0.0577. The molecule has 1 amide bonds. The van der Waals surface area contributed by atoms with Crippen LogP contribution in [0.1, 0.15) is 38.8 Å². The highest BCUT2D eigenvalue weighted by molar-refractivity contribution is 6.32. The van der Waals surface area contributed by atoms with E-state index in [0.29, 0.717) is 56.3 Å². The normalized spacial score (nSPS) is 11.0. The number of hydrogen-bond acceptors (Lipinski definition) is 5. The lowest BCUT2D eigenvalue weighted by Gasteiger charge is -2.09. The number of carbonyl (C=O) groups is 1. The van der Waals surface area contributed by atoms with Gasteiger partial charge in [-0.05, 0) is 50.6 Å². The Kier molecular flexibility index (Phi) is 6.90. The predicted octanol–water partition coefficient (Wildman–Crippen LogP) is 6.12. The van der Waals surface area contributed by atoms with Gasteiger partial charge in [-0.3, -0.25) is 9.48 Å². The Morgan fingerprint density at radius 3 is 2.65 bits per heavy atom. The number of anilines is 1. The Bertz CT molecular complexity index is 1370. The summed E-state index contributed by atoms with van der Waals surface area (Å²) in [5, 5.41) is 12.0. The molecule has 1 N–H and O–H groups in total. The number of nitrogens with zero attached hydrogens (tertiary/aromatic N) is 3. The van der Waals surface area contributed by atoms with Gasteiger partial charge in [0.05, 0.1) is 34.2 Å². The summed E-state index contributed by atoms with van der Waals surface area (Å²) < 4.78 is 26.1. The predicted molar refractivity (Wildman–Crippen MR) is 127 cm³/mol. The summed E-state index contributed by atoms with van der Waals surface area (Å²) in [6.07, 6.45) is 0. The minimum Gasteiger partial charge on any atom is -0.487 e. The second kappa shape index (κ2) is 9.87. The van der Waals surface area contributed by atoms with Crippen molar-refractivity contribution in [3.8, 4) is 5.75 Å². The smallest absolute Gasteiger partial charge is 0.278 e. The van der Waals surface area contributed by atoms with E-state index in [1.165, 1.54) is 12.1 Å². The van der Waals surface area contributed by atoms with Crippen molar-refractivity contribution in [2.45, 2.75) is 33.9 Å². The number of aryl methyl sites for hydroxylation is 2. The molecule has 0 spiro atoms. The number of amides is 1. The Morgan fingerprint density at radius 2 is 1.91 bits per heavy atom. The quantitative estimate of drug-likeness (QED) is 0.329. The molecular formula is C24H21Cl2FN4O3. The highest BCUT2D eigenvalue weighted by Crippen LogP contribution is 2.27. The van der Waals surface area contributed by atoms with Gasteiger partial charge >= 0.3 is 0 Å². The topological polar surface area (TPSA) is 82.2 Å². The van der Waals surface area contributed by atoms with E-state index in [4.69, 9.17) is 32.5 Å². The Balaban J connectivity index is 1.53. The molecule has 0 saturated heterocycles. The van der Waals surface area contributed by atoms with Crippen molar-refractivity contribution in [2.75, 3.05) is 5.32 Å². The SMILES string of the molecule is Cc1nn(Cc2ccc(F)cc2Cl)c(C)c1NC(=O)c1noc(C)c1COc1ccccc1Cl. The first-order chi connectivity index (χ1) is 16.2. The molecule has 10 heteroatoms. The van der Waals surface area contributed by atoms with Gasteiger partial charge in [0.2, 0.25) is 0 Å². The minimum atomic E-state index is -0.458. The number of halogens is 3. The molecule has 0 bridgehead atoms. The van der Waals surface area contributed by atoms with E-state index in [0.717, 1.165) is 0 Å². The fourth-order valence-electron chi connectivity index (χ4n) is 3.47. The molecule has 34 heavy (non-hydrogen) atoms. The van der Waals surface area contributed by atoms with Crippen molar-refractivity contribution >= 4 is 34.8 Å². The Labute approximate surface area is 205 Å². The monoisotopic (exact) mass is 502 g/mol. The first-order valence-corrected chi connectivity index (χ1v) is 11.1. The zero-order valence-corrected chi connectivity index (χ0v) is 20.2. The molecule has 4 aromatic rings. The highest BCUT2D eigenvalue weighted by atomic mass is 35.5. The van der Waals surface area contributed by atoms with Gasteiger partial charge in [-0.2, -0.15) is 5.10 Å². The number of nitrogens with one attached hydrogen (secondary N) is 1. The maximum absolute atomic E-state index is 13.4.